The first-order valence-corrected chi connectivity index (χ1v) is 3.11. The van der Waals surface area contributed by atoms with Crippen LogP contribution in [0.2, 0.25) is 0 Å². The lowest BCUT2D eigenvalue weighted by molar-refractivity contribution is 1.13. The van der Waals surface area contributed by atoms with Crippen molar-refractivity contribution in [2.24, 2.45) is 10.7 Å². The van der Waals surface area contributed by atoms with E-state index in [4.69, 9.17) is 5.73 Å². The van der Waals surface area contributed by atoms with E-state index < -0.39 is 0 Å². The van der Waals surface area contributed by atoms with Gasteiger partial charge in [-0.1, -0.05) is 0 Å². The van der Waals surface area contributed by atoms with E-state index in [0.717, 1.165) is 18.0 Å². The quantitative estimate of drug-likeness (QED) is 0.557. The standard InChI is InChI=1S/C7H14N2/c1-4-9-7(3)5-6(2)8/h5H,4,8H2,1-3H3/b6-5-,9-7?. The van der Waals surface area contributed by atoms with Crippen LogP contribution in [-0.2, 0) is 0 Å². The maximum atomic E-state index is 5.40. The van der Waals surface area contributed by atoms with Crippen LogP contribution in [0.15, 0.2) is 16.8 Å². The number of nitrogens with two attached hydrogens (primary N) is 1. The summed E-state index contributed by atoms with van der Waals surface area (Å²) in [7, 11) is 0. The summed E-state index contributed by atoms with van der Waals surface area (Å²) in [6.45, 7) is 6.63. The maximum Gasteiger partial charge on any atom is 0.0364 e. The van der Waals surface area contributed by atoms with Crippen molar-refractivity contribution in [1.29, 1.82) is 0 Å². The second-order valence-corrected chi connectivity index (χ2v) is 2.00. The van der Waals surface area contributed by atoms with Crippen molar-refractivity contribution in [3.63, 3.8) is 0 Å². The van der Waals surface area contributed by atoms with Gasteiger partial charge < -0.3 is 5.73 Å². The summed E-state index contributed by atoms with van der Waals surface area (Å²) in [6.07, 6.45) is 1.86. The van der Waals surface area contributed by atoms with Gasteiger partial charge >= 0.3 is 0 Å². The third-order valence-corrected chi connectivity index (χ3v) is 0.844. The molecule has 0 aliphatic heterocycles. The Morgan fingerprint density at radius 3 is 2.44 bits per heavy atom. The molecule has 0 spiro atoms. The molecule has 0 aromatic rings. The minimum absolute atomic E-state index is 0.810. The van der Waals surface area contributed by atoms with E-state index in [9.17, 15) is 0 Å². The monoisotopic (exact) mass is 126 g/mol. The van der Waals surface area contributed by atoms with Crippen LogP contribution >= 0.6 is 0 Å². The molecular weight excluding hydrogens is 112 g/mol. The van der Waals surface area contributed by atoms with Gasteiger partial charge in [-0.05, 0) is 26.8 Å². The molecule has 0 heterocycles. The van der Waals surface area contributed by atoms with Gasteiger partial charge in [0.15, 0.2) is 0 Å². The fourth-order valence-electron chi connectivity index (χ4n) is 0.625. The molecule has 0 fully saturated rings. The molecule has 0 aliphatic rings. The molecule has 9 heavy (non-hydrogen) atoms. The first-order chi connectivity index (χ1) is 4.16. The Balaban J connectivity index is 3.90. The van der Waals surface area contributed by atoms with Crippen LogP contribution in [0, 0.1) is 0 Å². The second kappa shape index (κ2) is 4.13. The molecule has 0 atom stereocenters. The van der Waals surface area contributed by atoms with Crippen molar-refractivity contribution >= 4 is 5.71 Å². The van der Waals surface area contributed by atoms with E-state index in [-0.39, 0.29) is 0 Å². The zero-order chi connectivity index (χ0) is 7.28. The van der Waals surface area contributed by atoms with Gasteiger partial charge in [0.05, 0.1) is 0 Å². The van der Waals surface area contributed by atoms with Crippen molar-refractivity contribution < 1.29 is 0 Å². The lowest BCUT2D eigenvalue weighted by Gasteiger charge is -1.90. The molecule has 0 aromatic carbocycles. The van der Waals surface area contributed by atoms with Crippen LogP contribution in [0.1, 0.15) is 20.8 Å². The van der Waals surface area contributed by atoms with Crippen molar-refractivity contribution in [3.8, 4) is 0 Å². The highest BCUT2D eigenvalue weighted by molar-refractivity contribution is 5.93. The number of nitrogens with zero attached hydrogens (tertiary/aromatic N) is 1. The zero-order valence-electron chi connectivity index (χ0n) is 6.31. The summed E-state index contributed by atoms with van der Waals surface area (Å²) in [5, 5.41) is 0. The topological polar surface area (TPSA) is 38.4 Å². The van der Waals surface area contributed by atoms with Crippen molar-refractivity contribution in [2.45, 2.75) is 20.8 Å². The molecule has 0 radical (unpaired) electrons. The van der Waals surface area contributed by atoms with Crippen LogP contribution in [-0.4, -0.2) is 12.3 Å². The van der Waals surface area contributed by atoms with E-state index in [1.807, 2.05) is 26.8 Å². The molecular formula is C7H14N2. The molecule has 0 aromatic heterocycles. The number of rotatable bonds is 2. The third kappa shape index (κ3) is 5.07. The van der Waals surface area contributed by atoms with Crippen LogP contribution < -0.4 is 5.73 Å². The van der Waals surface area contributed by atoms with E-state index in [0.29, 0.717) is 0 Å². The largest absolute Gasteiger partial charge is 0.402 e. The summed E-state index contributed by atoms with van der Waals surface area (Å²) < 4.78 is 0. The van der Waals surface area contributed by atoms with Gasteiger partial charge in [-0.25, -0.2) is 0 Å². The second-order valence-electron chi connectivity index (χ2n) is 2.00. The van der Waals surface area contributed by atoms with Gasteiger partial charge in [0.2, 0.25) is 0 Å². The first-order valence-electron chi connectivity index (χ1n) is 3.11. The number of hydrogen-bond acceptors (Lipinski definition) is 2. The van der Waals surface area contributed by atoms with Gasteiger partial charge in [0, 0.05) is 18.0 Å². The molecule has 2 heteroatoms. The van der Waals surface area contributed by atoms with Gasteiger partial charge in [0.1, 0.15) is 0 Å². The van der Waals surface area contributed by atoms with Crippen molar-refractivity contribution in [1.82, 2.24) is 0 Å². The fourth-order valence-corrected chi connectivity index (χ4v) is 0.625. The smallest absolute Gasteiger partial charge is 0.0364 e. The average molecular weight is 126 g/mol. The number of hydrogen-bond donors (Lipinski definition) is 1. The van der Waals surface area contributed by atoms with E-state index in [1.165, 1.54) is 0 Å². The SMILES string of the molecule is CCN=C(C)/C=C(/C)N. The van der Waals surface area contributed by atoms with Crippen molar-refractivity contribution in [3.05, 3.63) is 11.8 Å². The molecule has 52 valence electrons. The van der Waals surface area contributed by atoms with E-state index >= 15 is 0 Å². The maximum absolute atomic E-state index is 5.40. The molecule has 2 N–H and O–H groups in total. The summed E-state index contributed by atoms with van der Waals surface area (Å²) in [5.74, 6) is 0. The predicted molar refractivity (Wildman–Crippen MR) is 41.6 cm³/mol. The first kappa shape index (κ1) is 8.21. The van der Waals surface area contributed by atoms with E-state index in [1.54, 1.807) is 0 Å². The third-order valence-electron chi connectivity index (χ3n) is 0.844. The summed E-state index contributed by atoms with van der Waals surface area (Å²) in [6, 6.07) is 0. The Morgan fingerprint density at radius 2 is 2.11 bits per heavy atom. The molecule has 0 aliphatic carbocycles. The van der Waals surface area contributed by atoms with Crippen LogP contribution in [0.5, 0.6) is 0 Å². The fraction of sp³-hybridized carbons (Fsp3) is 0.571. The van der Waals surface area contributed by atoms with Gasteiger partial charge in [-0.2, -0.15) is 0 Å². The van der Waals surface area contributed by atoms with Gasteiger partial charge in [0.25, 0.3) is 0 Å². The molecule has 0 bridgehead atoms. The lowest BCUT2D eigenvalue weighted by atomic mass is 10.3. The highest BCUT2D eigenvalue weighted by Crippen LogP contribution is 1.84. The molecule has 2 nitrogen and oxygen atoms in total. The van der Waals surface area contributed by atoms with Crippen molar-refractivity contribution in [2.75, 3.05) is 6.54 Å². The Bertz CT molecular complexity index is 130. The number of aliphatic imine (C=N–C) groups is 1. The predicted octanol–water partition coefficient (Wildman–Crippen LogP) is 1.33. The highest BCUT2D eigenvalue weighted by atomic mass is 14.7. The molecule has 0 rings (SSSR count). The lowest BCUT2D eigenvalue weighted by Crippen LogP contribution is -1.95. The summed E-state index contributed by atoms with van der Waals surface area (Å²) in [5.41, 5.74) is 7.21. The molecule has 0 saturated heterocycles. The Kier molecular flexibility index (Phi) is 3.76. The Labute approximate surface area is 56.5 Å². The molecule has 0 amide bonds. The Hall–Kier alpha value is -0.790. The van der Waals surface area contributed by atoms with Gasteiger partial charge in [-0.3, -0.25) is 4.99 Å². The molecule has 0 unspecified atom stereocenters. The van der Waals surface area contributed by atoms with Crippen LogP contribution in [0.25, 0.3) is 0 Å². The van der Waals surface area contributed by atoms with Gasteiger partial charge in [-0.15, -0.1) is 0 Å². The average Bonchev–Trinajstić information content (AvgIpc) is 1.63. The highest BCUT2D eigenvalue weighted by Gasteiger charge is 1.81. The summed E-state index contributed by atoms with van der Waals surface area (Å²) >= 11 is 0. The molecule has 0 saturated carbocycles. The van der Waals surface area contributed by atoms with Crippen LogP contribution in [0.3, 0.4) is 0 Å². The number of allylic oxidation sites excluding steroid dienone is 2. The normalized spacial score (nSPS) is 14.1. The summed E-state index contributed by atoms with van der Waals surface area (Å²) in [4.78, 5) is 4.12. The Morgan fingerprint density at radius 1 is 1.56 bits per heavy atom. The minimum Gasteiger partial charge on any atom is -0.402 e. The van der Waals surface area contributed by atoms with E-state index in [2.05, 4.69) is 4.99 Å². The minimum atomic E-state index is 0.810. The zero-order valence-corrected chi connectivity index (χ0v) is 6.31. The van der Waals surface area contributed by atoms with Crippen LogP contribution in [0.4, 0.5) is 0 Å².